The van der Waals surface area contributed by atoms with Crippen LogP contribution in [0.3, 0.4) is 0 Å². The number of ketones is 1. The van der Waals surface area contributed by atoms with Crippen LogP contribution < -0.4 is 4.90 Å². The van der Waals surface area contributed by atoms with Crippen molar-refractivity contribution < 1.29 is 14.3 Å². The van der Waals surface area contributed by atoms with Crippen molar-refractivity contribution in [1.82, 2.24) is 9.80 Å². The summed E-state index contributed by atoms with van der Waals surface area (Å²) in [5.41, 5.74) is 1.85. The van der Waals surface area contributed by atoms with E-state index in [0.717, 1.165) is 56.5 Å². The Morgan fingerprint density at radius 3 is 2.33 bits per heavy atom. The molecular formula is C23H32ClN3O3. The number of nitrogens with zero attached hydrogens (tertiary/aromatic N) is 3. The van der Waals surface area contributed by atoms with Crippen LogP contribution in [0.25, 0.3) is 0 Å². The molecular weight excluding hydrogens is 402 g/mol. The highest BCUT2D eigenvalue weighted by Gasteiger charge is 2.42. The number of hydrogen-bond donors (Lipinski definition) is 0. The average molecular weight is 434 g/mol. The maximum absolute atomic E-state index is 12.4. The number of fused-ring (bicyclic) bond motifs is 1. The average Bonchev–Trinajstić information content (AvgIpc) is 3.20. The van der Waals surface area contributed by atoms with Gasteiger partial charge in [0.2, 0.25) is 0 Å². The molecule has 3 saturated heterocycles. The zero-order valence-electron chi connectivity index (χ0n) is 18.2. The van der Waals surface area contributed by atoms with Gasteiger partial charge in [-0.2, -0.15) is 0 Å². The number of ether oxygens (including phenoxy) is 1. The minimum atomic E-state index is -0.455. The summed E-state index contributed by atoms with van der Waals surface area (Å²) in [6.45, 7) is 11.6. The number of Topliss-reactive ketones (excluding diaryl/α,β-unsaturated/α-hetero) is 1. The summed E-state index contributed by atoms with van der Waals surface area (Å²) in [7, 11) is 0. The van der Waals surface area contributed by atoms with Crippen LogP contribution in [0.5, 0.6) is 0 Å². The number of rotatable bonds is 3. The summed E-state index contributed by atoms with van der Waals surface area (Å²) in [5, 5.41) is 0.761. The van der Waals surface area contributed by atoms with Gasteiger partial charge in [0.1, 0.15) is 11.4 Å². The van der Waals surface area contributed by atoms with Crippen LogP contribution in [-0.2, 0) is 16.1 Å². The van der Waals surface area contributed by atoms with Crippen molar-refractivity contribution >= 4 is 29.2 Å². The number of likely N-dealkylation sites (tertiary alicyclic amines) is 2. The fourth-order valence-electron chi connectivity index (χ4n) is 4.96. The van der Waals surface area contributed by atoms with E-state index in [4.69, 9.17) is 16.3 Å². The second-order valence-electron chi connectivity index (χ2n) is 9.87. The largest absolute Gasteiger partial charge is 0.444 e. The van der Waals surface area contributed by atoms with Crippen molar-refractivity contribution in [1.29, 1.82) is 0 Å². The van der Waals surface area contributed by atoms with Gasteiger partial charge >= 0.3 is 6.09 Å². The molecule has 30 heavy (non-hydrogen) atoms. The maximum atomic E-state index is 12.4. The summed E-state index contributed by atoms with van der Waals surface area (Å²) in [5.74, 6) is 1.32. The molecule has 2 atom stereocenters. The number of hydrogen-bond acceptors (Lipinski definition) is 5. The molecule has 1 aromatic carbocycles. The third-order valence-corrected chi connectivity index (χ3v) is 6.62. The summed E-state index contributed by atoms with van der Waals surface area (Å²) < 4.78 is 5.54. The van der Waals surface area contributed by atoms with Gasteiger partial charge in [0.15, 0.2) is 0 Å². The van der Waals surface area contributed by atoms with Crippen LogP contribution in [-0.4, -0.2) is 66.5 Å². The molecule has 1 aromatic rings. The van der Waals surface area contributed by atoms with Gasteiger partial charge in [0, 0.05) is 58.7 Å². The smallest absolute Gasteiger partial charge is 0.410 e. The molecule has 0 bridgehead atoms. The Balaban J connectivity index is 1.38. The van der Waals surface area contributed by atoms with E-state index in [0.29, 0.717) is 30.5 Å². The van der Waals surface area contributed by atoms with Gasteiger partial charge in [-0.3, -0.25) is 9.69 Å². The van der Waals surface area contributed by atoms with Gasteiger partial charge in [-0.25, -0.2) is 4.79 Å². The lowest BCUT2D eigenvalue weighted by Crippen LogP contribution is -2.37. The third-order valence-electron chi connectivity index (χ3n) is 6.32. The van der Waals surface area contributed by atoms with Crippen LogP contribution in [0.1, 0.15) is 39.2 Å². The highest BCUT2D eigenvalue weighted by atomic mass is 35.5. The van der Waals surface area contributed by atoms with Gasteiger partial charge in [-0.15, -0.1) is 0 Å². The van der Waals surface area contributed by atoms with Gasteiger partial charge in [0.05, 0.1) is 10.7 Å². The lowest BCUT2D eigenvalue weighted by molar-refractivity contribution is -0.119. The summed E-state index contributed by atoms with van der Waals surface area (Å²) in [4.78, 5) is 30.6. The van der Waals surface area contributed by atoms with E-state index in [1.807, 2.05) is 37.8 Å². The fourth-order valence-corrected chi connectivity index (χ4v) is 5.27. The molecule has 0 spiro atoms. The molecule has 0 N–H and O–H groups in total. The number of benzene rings is 1. The number of halogens is 1. The van der Waals surface area contributed by atoms with E-state index in [-0.39, 0.29) is 6.09 Å². The first kappa shape index (κ1) is 21.4. The molecule has 4 rings (SSSR count). The van der Waals surface area contributed by atoms with Crippen molar-refractivity contribution in [2.24, 2.45) is 11.8 Å². The molecule has 1 amide bonds. The summed E-state index contributed by atoms with van der Waals surface area (Å²) >= 11 is 6.58. The first-order valence-electron chi connectivity index (χ1n) is 10.9. The number of piperidine rings is 1. The molecule has 0 aromatic heterocycles. The van der Waals surface area contributed by atoms with E-state index in [2.05, 4.69) is 15.9 Å². The molecule has 6 nitrogen and oxygen atoms in total. The Bertz CT molecular complexity index is 798. The first-order valence-corrected chi connectivity index (χ1v) is 11.3. The predicted molar refractivity (Wildman–Crippen MR) is 118 cm³/mol. The quantitative estimate of drug-likeness (QED) is 0.725. The molecule has 7 heteroatoms. The van der Waals surface area contributed by atoms with E-state index in [9.17, 15) is 9.59 Å². The van der Waals surface area contributed by atoms with Crippen molar-refractivity contribution in [2.45, 2.75) is 45.8 Å². The second-order valence-corrected chi connectivity index (χ2v) is 10.3. The Kier molecular flexibility index (Phi) is 5.99. The maximum Gasteiger partial charge on any atom is 0.410 e. The van der Waals surface area contributed by atoms with E-state index < -0.39 is 5.60 Å². The van der Waals surface area contributed by atoms with Gasteiger partial charge < -0.3 is 14.5 Å². The molecule has 3 aliphatic rings. The molecule has 3 heterocycles. The number of carbonyl (C=O) groups is 2. The van der Waals surface area contributed by atoms with Gasteiger partial charge in [-0.1, -0.05) is 23.7 Å². The highest BCUT2D eigenvalue weighted by Crippen LogP contribution is 2.36. The van der Waals surface area contributed by atoms with Crippen LogP contribution in [0.15, 0.2) is 18.2 Å². The minimum Gasteiger partial charge on any atom is -0.444 e. The number of carbonyl (C=O) groups excluding carboxylic acids is 2. The van der Waals surface area contributed by atoms with Gasteiger partial charge in [-0.05, 0) is 44.2 Å². The topological polar surface area (TPSA) is 53.1 Å². The molecule has 0 aliphatic carbocycles. The van der Waals surface area contributed by atoms with Crippen molar-refractivity contribution in [3.8, 4) is 0 Å². The Labute approximate surface area is 184 Å². The molecule has 3 aliphatic heterocycles. The van der Waals surface area contributed by atoms with Crippen molar-refractivity contribution in [3.63, 3.8) is 0 Å². The second kappa shape index (κ2) is 8.39. The van der Waals surface area contributed by atoms with Crippen molar-refractivity contribution in [2.75, 3.05) is 44.2 Å². The van der Waals surface area contributed by atoms with Crippen LogP contribution in [0, 0.1) is 11.8 Å². The predicted octanol–water partition coefficient (Wildman–Crippen LogP) is 3.81. The summed E-state index contributed by atoms with van der Waals surface area (Å²) in [6, 6.07) is 6.10. The Morgan fingerprint density at radius 1 is 1.10 bits per heavy atom. The third kappa shape index (κ3) is 4.75. The zero-order chi connectivity index (χ0) is 21.5. The molecule has 0 radical (unpaired) electrons. The van der Waals surface area contributed by atoms with Crippen LogP contribution >= 0.6 is 11.6 Å². The SMILES string of the molecule is CC(C)(C)OC(=O)N1CC2CN(Cc3cccc(Cl)c3N3CCC(=O)CC3)CC2C1. The molecule has 164 valence electrons. The zero-order valence-corrected chi connectivity index (χ0v) is 19.0. The lowest BCUT2D eigenvalue weighted by atomic mass is 10.0. The standard InChI is InChI=1S/C23H32ClN3O3/c1-23(2,3)30-22(29)27-14-17-12-25(13-18(17)15-27)11-16-5-4-6-20(24)21(16)26-9-7-19(28)8-10-26/h4-6,17-18H,7-15H2,1-3H3. The Morgan fingerprint density at radius 2 is 1.73 bits per heavy atom. The number of para-hydroxylation sites is 1. The minimum absolute atomic E-state index is 0.194. The molecule has 3 fully saturated rings. The van der Waals surface area contributed by atoms with Gasteiger partial charge in [0.25, 0.3) is 0 Å². The molecule has 2 unspecified atom stereocenters. The fraction of sp³-hybridized carbons (Fsp3) is 0.652. The number of amides is 1. The van der Waals surface area contributed by atoms with Crippen LogP contribution in [0.2, 0.25) is 5.02 Å². The Hall–Kier alpha value is -1.79. The van der Waals surface area contributed by atoms with Crippen LogP contribution in [0.4, 0.5) is 10.5 Å². The first-order chi connectivity index (χ1) is 14.2. The summed E-state index contributed by atoms with van der Waals surface area (Å²) in [6.07, 6.45) is 0.998. The highest BCUT2D eigenvalue weighted by molar-refractivity contribution is 6.33. The van der Waals surface area contributed by atoms with E-state index >= 15 is 0 Å². The number of anilines is 1. The molecule has 0 saturated carbocycles. The van der Waals surface area contributed by atoms with Crippen molar-refractivity contribution in [3.05, 3.63) is 28.8 Å². The van der Waals surface area contributed by atoms with E-state index in [1.165, 1.54) is 5.56 Å². The lowest BCUT2D eigenvalue weighted by Gasteiger charge is -2.32. The monoisotopic (exact) mass is 433 g/mol. The normalized spacial score (nSPS) is 25.0. The van der Waals surface area contributed by atoms with E-state index in [1.54, 1.807) is 0 Å².